The Kier molecular flexibility index (Phi) is 5.69. The quantitative estimate of drug-likeness (QED) is 0.868. The number of hydrogen-bond donors (Lipinski definition) is 2. The number of likely N-dealkylation sites (tertiary alicyclic amines) is 1. The van der Waals surface area contributed by atoms with Crippen LogP contribution in [0.15, 0.2) is 5.38 Å². The van der Waals surface area contributed by atoms with Crippen LogP contribution in [0.2, 0.25) is 0 Å². The summed E-state index contributed by atoms with van der Waals surface area (Å²) in [5.41, 5.74) is 0.375. The molecule has 1 fully saturated rings. The Hall–Kier alpha value is -1.47. The zero-order valence-electron chi connectivity index (χ0n) is 12.5. The number of piperidine rings is 1. The molecule has 0 aliphatic carbocycles. The molecular weight excluding hydrogens is 288 g/mol. The first-order chi connectivity index (χ1) is 10.1. The molecule has 7 heteroatoms. The van der Waals surface area contributed by atoms with Gasteiger partial charge in [0.2, 0.25) is 5.91 Å². The fourth-order valence-electron chi connectivity index (χ4n) is 2.46. The average molecular weight is 310 g/mol. The lowest BCUT2D eigenvalue weighted by Crippen LogP contribution is -2.44. The molecule has 0 unspecified atom stereocenters. The summed E-state index contributed by atoms with van der Waals surface area (Å²) >= 11 is 1.26. The predicted molar refractivity (Wildman–Crippen MR) is 83.6 cm³/mol. The maximum absolute atomic E-state index is 12.1. The summed E-state index contributed by atoms with van der Waals surface area (Å²) in [6, 6.07) is 0.219. The molecule has 2 amide bonds. The van der Waals surface area contributed by atoms with E-state index in [1.165, 1.54) is 24.7 Å². The maximum Gasteiger partial charge on any atom is 0.271 e. The summed E-state index contributed by atoms with van der Waals surface area (Å²) in [7, 11) is 0. The van der Waals surface area contributed by atoms with Crippen molar-refractivity contribution in [2.24, 2.45) is 0 Å². The van der Waals surface area contributed by atoms with Crippen molar-refractivity contribution in [3.8, 4) is 0 Å². The number of carbonyl (C=O) groups is 2. The molecule has 0 aromatic carbocycles. The van der Waals surface area contributed by atoms with Gasteiger partial charge in [0.25, 0.3) is 5.91 Å². The molecule has 0 spiro atoms. The minimum Gasteiger partial charge on any atom is -0.348 e. The monoisotopic (exact) mass is 310 g/mol. The number of rotatable bonds is 5. The van der Waals surface area contributed by atoms with E-state index in [0.717, 1.165) is 32.5 Å². The van der Waals surface area contributed by atoms with Crippen molar-refractivity contribution < 1.29 is 9.59 Å². The van der Waals surface area contributed by atoms with Gasteiger partial charge >= 0.3 is 0 Å². The standard InChI is InChI=1S/C14H22N4O2S/c1-3-6-18-7-4-11(5-8-18)16-13(20)12-9-21-14(17-12)15-10(2)19/h9,11H,3-8H2,1-2H3,(H,16,20)(H,15,17,19). The van der Waals surface area contributed by atoms with Crippen molar-refractivity contribution in [3.63, 3.8) is 0 Å². The van der Waals surface area contributed by atoms with Crippen LogP contribution < -0.4 is 10.6 Å². The number of anilines is 1. The molecular formula is C14H22N4O2S. The Morgan fingerprint density at radius 2 is 2.14 bits per heavy atom. The third-order valence-electron chi connectivity index (χ3n) is 3.48. The topological polar surface area (TPSA) is 74.3 Å². The summed E-state index contributed by atoms with van der Waals surface area (Å²) < 4.78 is 0. The fourth-order valence-corrected chi connectivity index (χ4v) is 3.20. The van der Waals surface area contributed by atoms with E-state index >= 15 is 0 Å². The third-order valence-corrected chi connectivity index (χ3v) is 4.24. The molecule has 21 heavy (non-hydrogen) atoms. The summed E-state index contributed by atoms with van der Waals surface area (Å²) in [5, 5.41) is 7.75. The first-order valence-corrected chi connectivity index (χ1v) is 8.22. The largest absolute Gasteiger partial charge is 0.348 e. The molecule has 0 bridgehead atoms. The molecule has 1 aliphatic rings. The molecule has 116 valence electrons. The van der Waals surface area contributed by atoms with Crippen LogP contribution in [0.1, 0.15) is 43.6 Å². The second kappa shape index (κ2) is 7.51. The van der Waals surface area contributed by atoms with E-state index < -0.39 is 0 Å². The highest BCUT2D eigenvalue weighted by molar-refractivity contribution is 7.14. The Morgan fingerprint density at radius 1 is 1.43 bits per heavy atom. The molecule has 2 rings (SSSR count). The van der Waals surface area contributed by atoms with Crippen LogP contribution in [-0.2, 0) is 4.79 Å². The van der Waals surface area contributed by atoms with Crippen LogP contribution in [-0.4, -0.2) is 47.4 Å². The lowest BCUT2D eigenvalue weighted by molar-refractivity contribution is -0.114. The minimum atomic E-state index is -0.181. The molecule has 1 aromatic heterocycles. The van der Waals surface area contributed by atoms with Crippen molar-refractivity contribution in [1.82, 2.24) is 15.2 Å². The number of amides is 2. The number of carbonyl (C=O) groups excluding carboxylic acids is 2. The molecule has 1 aromatic rings. The van der Waals surface area contributed by atoms with E-state index in [9.17, 15) is 9.59 Å². The molecule has 0 radical (unpaired) electrons. The average Bonchev–Trinajstić information content (AvgIpc) is 2.89. The zero-order chi connectivity index (χ0) is 15.2. The van der Waals surface area contributed by atoms with Gasteiger partial charge in [-0.2, -0.15) is 0 Å². The molecule has 2 heterocycles. The highest BCUT2D eigenvalue weighted by Crippen LogP contribution is 2.16. The number of thiazole rings is 1. The van der Waals surface area contributed by atoms with Gasteiger partial charge in [0.1, 0.15) is 5.69 Å². The van der Waals surface area contributed by atoms with Gasteiger partial charge in [0.05, 0.1) is 0 Å². The molecule has 0 atom stereocenters. The van der Waals surface area contributed by atoms with Crippen LogP contribution in [0.3, 0.4) is 0 Å². The van der Waals surface area contributed by atoms with Crippen LogP contribution in [0.5, 0.6) is 0 Å². The first-order valence-electron chi connectivity index (χ1n) is 7.34. The van der Waals surface area contributed by atoms with E-state index in [0.29, 0.717) is 10.8 Å². The Bertz CT molecular complexity index is 495. The minimum absolute atomic E-state index is 0.156. The van der Waals surface area contributed by atoms with Gasteiger partial charge in [-0.3, -0.25) is 9.59 Å². The van der Waals surface area contributed by atoms with Gasteiger partial charge in [-0.05, 0) is 25.8 Å². The van der Waals surface area contributed by atoms with Crippen molar-refractivity contribution >= 4 is 28.3 Å². The van der Waals surface area contributed by atoms with Crippen LogP contribution in [0.4, 0.5) is 5.13 Å². The highest BCUT2D eigenvalue weighted by atomic mass is 32.1. The molecule has 2 N–H and O–H groups in total. The summed E-state index contributed by atoms with van der Waals surface area (Å²) in [6.45, 7) is 6.81. The number of nitrogens with one attached hydrogen (secondary N) is 2. The lowest BCUT2D eigenvalue weighted by Gasteiger charge is -2.31. The summed E-state index contributed by atoms with van der Waals surface area (Å²) in [6.07, 6.45) is 3.13. The third kappa shape index (κ3) is 4.78. The fraction of sp³-hybridized carbons (Fsp3) is 0.643. The van der Waals surface area contributed by atoms with Gasteiger partial charge in [0, 0.05) is 31.4 Å². The van der Waals surface area contributed by atoms with Crippen molar-refractivity contribution in [1.29, 1.82) is 0 Å². The van der Waals surface area contributed by atoms with Gasteiger partial charge in [0.15, 0.2) is 5.13 Å². The van der Waals surface area contributed by atoms with Gasteiger partial charge in [-0.25, -0.2) is 4.98 Å². The van der Waals surface area contributed by atoms with Crippen LogP contribution in [0.25, 0.3) is 0 Å². The molecule has 1 saturated heterocycles. The normalized spacial score (nSPS) is 16.7. The van der Waals surface area contributed by atoms with E-state index in [1.54, 1.807) is 5.38 Å². The van der Waals surface area contributed by atoms with Crippen molar-refractivity contribution in [2.75, 3.05) is 25.0 Å². The SMILES string of the molecule is CCCN1CCC(NC(=O)c2csc(NC(C)=O)n2)CC1. The zero-order valence-corrected chi connectivity index (χ0v) is 13.3. The second-order valence-electron chi connectivity index (χ2n) is 5.31. The second-order valence-corrected chi connectivity index (χ2v) is 6.17. The smallest absolute Gasteiger partial charge is 0.271 e. The van der Waals surface area contributed by atoms with Crippen LogP contribution >= 0.6 is 11.3 Å². The molecule has 6 nitrogen and oxygen atoms in total. The first kappa shape index (κ1) is 15.9. The predicted octanol–water partition coefficient (Wildman–Crippen LogP) is 1.71. The number of aromatic nitrogens is 1. The van der Waals surface area contributed by atoms with Crippen molar-refractivity contribution in [2.45, 2.75) is 39.2 Å². The van der Waals surface area contributed by atoms with E-state index in [-0.39, 0.29) is 17.9 Å². The maximum atomic E-state index is 12.1. The Balaban J connectivity index is 1.82. The van der Waals surface area contributed by atoms with E-state index in [4.69, 9.17) is 0 Å². The van der Waals surface area contributed by atoms with Crippen molar-refractivity contribution in [3.05, 3.63) is 11.1 Å². The van der Waals surface area contributed by atoms with Gasteiger partial charge < -0.3 is 15.5 Å². The van der Waals surface area contributed by atoms with Gasteiger partial charge in [-0.1, -0.05) is 6.92 Å². The lowest BCUT2D eigenvalue weighted by atomic mass is 10.0. The highest BCUT2D eigenvalue weighted by Gasteiger charge is 2.21. The Labute approximate surface area is 128 Å². The van der Waals surface area contributed by atoms with Gasteiger partial charge in [-0.15, -0.1) is 11.3 Å². The number of nitrogens with zero attached hydrogens (tertiary/aromatic N) is 2. The van der Waals surface area contributed by atoms with Crippen LogP contribution in [0, 0.1) is 0 Å². The molecule has 1 aliphatic heterocycles. The van der Waals surface area contributed by atoms with E-state index in [1.807, 2.05) is 0 Å². The number of hydrogen-bond acceptors (Lipinski definition) is 5. The summed E-state index contributed by atoms with van der Waals surface area (Å²) in [5.74, 6) is -0.337. The Morgan fingerprint density at radius 3 is 2.76 bits per heavy atom. The molecule has 0 saturated carbocycles. The van der Waals surface area contributed by atoms with E-state index in [2.05, 4.69) is 27.4 Å². The summed E-state index contributed by atoms with van der Waals surface area (Å²) in [4.78, 5) is 29.6.